The molecule has 4 nitrogen and oxygen atoms in total. The van der Waals surface area contributed by atoms with Gasteiger partial charge in [-0.3, -0.25) is 0 Å². The van der Waals surface area contributed by atoms with Crippen molar-refractivity contribution in [1.82, 2.24) is 15.5 Å². The number of nitrogens with zero attached hydrogens (tertiary/aromatic N) is 2. The molecule has 114 valence electrons. The van der Waals surface area contributed by atoms with Crippen molar-refractivity contribution in [2.75, 3.05) is 26.8 Å². The fourth-order valence-corrected chi connectivity index (χ4v) is 2.79. The zero-order valence-corrected chi connectivity index (χ0v) is 13.2. The summed E-state index contributed by atoms with van der Waals surface area (Å²) in [6.07, 6.45) is 1.92. The average molecular weight is 309 g/mol. The monoisotopic (exact) mass is 309 g/mol. The summed E-state index contributed by atoms with van der Waals surface area (Å²) < 4.78 is 18.2. The number of nitrogens with one attached hydrogen (secondary N) is 1. The van der Waals surface area contributed by atoms with E-state index in [9.17, 15) is 4.39 Å². The number of methoxy groups -OCH3 is 1. The lowest BCUT2D eigenvalue weighted by molar-refractivity contribution is 0.199. The van der Waals surface area contributed by atoms with Crippen LogP contribution in [0.3, 0.4) is 0 Å². The number of ether oxygens (including phenoxy) is 1. The molecular weight excluding hydrogens is 289 g/mol. The first kappa shape index (κ1) is 16.0. The van der Waals surface area contributed by atoms with Crippen molar-refractivity contribution in [3.63, 3.8) is 0 Å². The molecular formula is C15H20FN3OS. The van der Waals surface area contributed by atoms with Gasteiger partial charge in [-0.2, -0.15) is 0 Å². The first-order valence-corrected chi connectivity index (χ1v) is 7.81. The fourth-order valence-electron chi connectivity index (χ4n) is 1.91. The van der Waals surface area contributed by atoms with Gasteiger partial charge in [-0.1, -0.05) is 11.3 Å². The molecule has 2 aromatic rings. The smallest absolute Gasteiger partial charge is 0.147 e. The summed E-state index contributed by atoms with van der Waals surface area (Å²) in [4.78, 5) is 0. The van der Waals surface area contributed by atoms with Gasteiger partial charge in [0, 0.05) is 25.6 Å². The Balaban J connectivity index is 1.85. The van der Waals surface area contributed by atoms with E-state index in [1.54, 1.807) is 31.4 Å². The van der Waals surface area contributed by atoms with Crippen molar-refractivity contribution < 1.29 is 9.13 Å². The van der Waals surface area contributed by atoms with Crippen molar-refractivity contribution in [3.05, 3.63) is 34.6 Å². The van der Waals surface area contributed by atoms with E-state index in [4.69, 9.17) is 4.74 Å². The van der Waals surface area contributed by atoms with E-state index in [0.29, 0.717) is 5.56 Å². The third-order valence-electron chi connectivity index (χ3n) is 3.10. The van der Waals surface area contributed by atoms with E-state index >= 15 is 0 Å². The molecule has 0 saturated heterocycles. The van der Waals surface area contributed by atoms with Gasteiger partial charge in [-0.05, 0) is 43.7 Å². The van der Waals surface area contributed by atoms with Crippen molar-refractivity contribution in [2.24, 2.45) is 0 Å². The Morgan fingerprint density at radius 2 is 2.14 bits per heavy atom. The first-order chi connectivity index (χ1) is 10.2. The molecule has 2 rings (SSSR count). The lowest BCUT2D eigenvalue weighted by atomic mass is 10.1. The van der Waals surface area contributed by atoms with Crippen LogP contribution in [0.2, 0.25) is 0 Å². The van der Waals surface area contributed by atoms with E-state index in [0.717, 1.165) is 48.1 Å². The highest BCUT2D eigenvalue weighted by atomic mass is 32.1. The summed E-state index contributed by atoms with van der Waals surface area (Å²) in [7, 11) is 1.70. The zero-order valence-electron chi connectivity index (χ0n) is 12.4. The highest BCUT2D eigenvalue weighted by Gasteiger charge is 2.08. The van der Waals surface area contributed by atoms with Crippen LogP contribution < -0.4 is 5.32 Å². The maximum atomic E-state index is 13.3. The van der Waals surface area contributed by atoms with Gasteiger partial charge < -0.3 is 10.1 Å². The Morgan fingerprint density at radius 3 is 2.90 bits per heavy atom. The molecule has 21 heavy (non-hydrogen) atoms. The van der Waals surface area contributed by atoms with Gasteiger partial charge in [0.25, 0.3) is 0 Å². The van der Waals surface area contributed by atoms with Gasteiger partial charge in [0.15, 0.2) is 0 Å². The Labute approximate surface area is 128 Å². The summed E-state index contributed by atoms with van der Waals surface area (Å²) >= 11 is 1.57. The average Bonchev–Trinajstić information content (AvgIpc) is 2.94. The van der Waals surface area contributed by atoms with E-state index in [1.807, 2.05) is 6.07 Å². The molecule has 0 amide bonds. The number of hydrogen-bond acceptors (Lipinski definition) is 5. The maximum absolute atomic E-state index is 13.3. The second kappa shape index (κ2) is 8.17. The van der Waals surface area contributed by atoms with Crippen molar-refractivity contribution >= 4 is 11.3 Å². The number of aromatic nitrogens is 2. The molecule has 0 radical (unpaired) electrons. The fraction of sp³-hybridized carbons (Fsp3) is 0.467. The minimum Gasteiger partial charge on any atom is -0.383 e. The summed E-state index contributed by atoms with van der Waals surface area (Å²) in [6, 6.07) is 5.04. The molecule has 0 fully saturated rings. The van der Waals surface area contributed by atoms with Crippen LogP contribution in [-0.2, 0) is 11.2 Å². The minimum absolute atomic E-state index is 0.189. The van der Waals surface area contributed by atoms with Crippen LogP contribution in [0.15, 0.2) is 18.2 Å². The Hall–Kier alpha value is -1.37. The van der Waals surface area contributed by atoms with E-state index < -0.39 is 0 Å². The molecule has 0 aliphatic heterocycles. The molecule has 0 saturated carbocycles. The minimum atomic E-state index is -0.189. The molecule has 0 atom stereocenters. The summed E-state index contributed by atoms with van der Waals surface area (Å²) in [5.41, 5.74) is 1.56. The Morgan fingerprint density at radius 1 is 1.29 bits per heavy atom. The Bertz CT molecular complexity index is 574. The summed E-state index contributed by atoms with van der Waals surface area (Å²) in [5.74, 6) is -0.189. The molecule has 1 N–H and O–H groups in total. The van der Waals surface area contributed by atoms with Crippen LogP contribution in [0.25, 0.3) is 10.6 Å². The van der Waals surface area contributed by atoms with E-state index in [2.05, 4.69) is 15.5 Å². The number of rotatable bonds is 8. The standard InChI is InChI=1S/C15H20FN3OS/c1-11-10-12(5-6-13(11)16)15-19-18-14(21-15)4-3-7-17-8-9-20-2/h5-6,10,17H,3-4,7-9H2,1-2H3. The van der Waals surface area contributed by atoms with Crippen LogP contribution in [0, 0.1) is 12.7 Å². The number of aryl methyl sites for hydroxylation is 2. The number of hydrogen-bond donors (Lipinski definition) is 1. The second-order valence-corrected chi connectivity index (χ2v) is 5.87. The normalized spacial score (nSPS) is 11.0. The molecule has 0 aliphatic carbocycles. The van der Waals surface area contributed by atoms with Gasteiger partial charge in [-0.25, -0.2) is 4.39 Å². The highest BCUT2D eigenvalue weighted by Crippen LogP contribution is 2.25. The van der Waals surface area contributed by atoms with Crippen LogP contribution in [0.1, 0.15) is 17.0 Å². The third-order valence-corrected chi connectivity index (χ3v) is 4.13. The van der Waals surface area contributed by atoms with Crippen LogP contribution in [0.4, 0.5) is 4.39 Å². The first-order valence-electron chi connectivity index (χ1n) is 6.99. The predicted octanol–water partition coefficient (Wildman–Crippen LogP) is 2.82. The topological polar surface area (TPSA) is 47.0 Å². The maximum Gasteiger partial charge on any atom is 0.147 e. The summed E-state index contributed by atoms with van der Waals surface area (Å²) in [5, 5.41) is 13.6. The molecule has 0 spiro atoms. The number of halogens is 1. The zero-order chi connectivity index (χ0) is 15.1. The van der Waals surface area contributed by atoms with Crippen molar-refractivity contribution in [3.8, 4) is 10.6 Å². The predicted molar refractivity (Wildman–Crippen MR) is 83.1 cm³/mol. The quantitative estimate of drug-likeness (QED) is 0.762. The van der Waals surface area contributed by atoms with E-state index in [1.165, 1.54) is 6.07 Å². The molecule has 1 aromatic heterocycles. The van der Waals surface area contributed by atoms with Gasteiger partial charge in [0.2, 0.25) is 0 Å². The van der Waals surface area contributed by atoms with Gasteiger partial charge in [-0.15, -0.1) is 10.2 Å². The summed E-state index contributed by atoms with van der Waals surface area (Å²) in [6.45, 7) is 4.29. The highest BCUT2D eigenvalue weighted by molar-refractivity contribution is 7.14. The van der Waals surface area contributed by atoms with Gasteiger partial charge in [0.1, 0.15) is 15.8 Å². The van der Waals surface area contributed by atoms with Crippen LogP contribution in [-0.4, -0.2) is 37.0 Å². The molecule has 6 heteroatoms. The molecule has 1 heterocycles. The second-order valence-electron chi connectivity index (χ2n) is 4.81. The van der Waals surface area contributed by atoms with Crippen LogP contribution in [0.5, 0.6) is 0 Å². The van der Waals surface area contributed by atoms with Crippen molar-refractivity contribution in [2.45, 2.75) is 19.8 Å². The lowest BCUT2D eigenvalue weighted by Gasteiger charge is -2.01. The lowest BCUT2D eigenvalue weighted by Crippen LogP contribution is -2.20. The SMILES string of the molecule is COCCNCCCc1nnc(-c2ccc(F)c(C)c2)s1. The largest absolute Gasteiger partial charge is 0.383 e. The van der Waals surface area contributed by atoms with Crippen molar-refractivity contribution in [1.29, 1.82) is 0 Å². The molecule has 0 unspecified atom stereocenters. The van der Waals surface area contributed by atoms with Crippen LogP contribution >= 0.6 is 11.3 Å². The van der Waals surface area contributed by atoms with Gasteiger partial charge in [0.05, 0.1) is 6.61 Å². The molecule has 0 bridgehead atoms. The molecule has 0 aliphatic rings. The third kappa shape index (κ3) is 4.84. The van der Waals surface area contributed by atoms with Gasteiger partial charge >= 0.3 is 0 Å². The Kier molecular flexibility index (Phi) is 6.22. The molecule has 1 aromatic carbocycles. The van der Waals surface area contributed by atoms with E-state index in [-0.39, 0.29) is 5.82 Å². The number of benzene rings is 1.